The monoisotopic (exact) mass is 247 g/mol. The molecule has 3 heteroatoms. The summed E-state index contributed by atoms with van der Waals surface area (Å²) < 4.78 is 7.37. The van der Waals surface area contributed by atoms with Gasteiger partial charge in [0, 0.05) is 13.2 Å². The van der Waals surface area contributed by atoms with Crippen LogP contribution in [0, 0.1) is 5.92 Å². The predicted octanol–water partition coefficient (Wildman–Crippen LogP) is 3.32. The summed E-state index contributed by atoms with van der Waals surface area (Å²) in [5.74, 6) is 0.193. The van der Waals surface area contributed by atoms with Gasteiger partial charge in [-0.2, -0.15) is 0 Å². The van der Waals surface area contributed by atoms with Gasteiger partial charge in [-0.15, -0.1) is 0 Å². The molecule has 0 aromatic carbocycles. The van der Waals surface area contributed by atoms with Gasteiger partial charge in [0.1, 0.15) is 11.8 Å². The van der Waals surface area contributed by atoms with Gasteiger partial charge in [-0.3, -0.25) is 0 Å². The van der Waals surface area contributed by atoms with Gasteiger partial charge in [-0.05, 0) is 30.9 Å². The van der Waals surface area contributed by atoms with E-state index in [-0.39, 0.29) is 12.1 Å². The van der Waals surface area contributed by atoms with Crippen molar-refractivity contribution in [1.82, 2.24) is 4.57 Å². The lowest BCUT2D eigenvalue weighted by Gasteiger charge is -2.27. The number of aryl methyl sites for hydroxylation is 1. The van der Waals surface area contributed by atoms with Gasteiger partial charge in [0.25, 0.3) is 0 Å². The quantitative estimate of drug-likeness (QED) is 0.603. The SMILES string of the molecule is C=C[C@@H](OC(=O)c1cccn1C)C1CCCCC1. The molecule has 0 amide bonds. The standard InChI is InChI=1S/C15H21NO2/c1-3-14(12-8-5-4-6-9-12)18-15(17)13-10-7-11-16(13)2/h3,7,10-12,14H,1,4-6,8-9H2,2H3/t14-/m1/s1. The van der Waals surface area contributed by atoms with Crippen molar-refractivity contribution in [3.8, 4) is 0 Å². The smallest absolute Gasteiger partial charge is 0.355 e. The number of ether oxygens (including phenoxy) is 1. The van der Waals surface area contributed by atoms with Gasteiger partial charge < -0.3 is 9.30 Å². The first-order valence-corrected chi connectivity index (χ1v) is 6.67. The molecule has 98 valence electrons. The molecule has 0 aliphatic heterocycles. The molecule has 1 aromatic rings. The minimum absolute atomic E-state index is 0.146. The van der Waals surface area contributed by atoms with Crippen molar-refractivity contribution in [2.75, 3.05) is 0 Å². The van der Waals surface area contributed by atoms with Crippen molar-refractivity contribution in [2.24, 2.45) is 13.0 Å². The van der Waals surface area contributed by atoms with Crippen molar-refractivity contribution in [1.29, 1.82) is 0 Å². The second-order valence-corrected chi connectivity index (χ2v) is 5.01. The molecule has 1 aliphatic carbocycles. The third-order valence-electron chi connectivity index (χ3n) is 3.74. The molecule has 1 aromatic heterocycles. The molecule has 0 bridgehead atoms. The van der Waals surface area contributed by atoms with Gasteiger partial charge in [-0.25, -0.2) is 4.79 Å². The summed E-state index contributed by atoms with van der Waals surface area (Å²) in [7, 11) is 1.85. The Labute approximate surface area is 108 Å². The minimum atomic E-state index is -0.252. The lowest BCUT2D eigenvalue weighted by atomic mass is 9.85. The molecular formula is C15H21NO2. The van der Waals surface area contributed by atoms with E-state index in [2.05, 4.69) is 6.58 Å². The van der Waals surface area contributed by atoms with Crippen LogP contribution in [0.2, 0.25) is 0 Å². The van der Waals surface area contributed by atoms with Crippen molar-refractivity contribution in [3.63, 3.8) is 0 Å². The molecule has 0 unspecified atom stereocenters. The first kappa shape index (κ1) is 12.9. The summed E-state index contributed by atoms with van der Waals surface area (Å²) >= 11 is 0. The largest absolute Gasteiger partial charge is 0.453 e. The molecule has 3 nitrogen and oxygen atoms in total. The maximum atomic E-state index is 12.0. The van der Waals surface area contributed by atoms with Gasteiger partial charge in [-0.1, -0.05) is 31.9 Å². The van der Waals surface area contributed by atoms with E-state index in [0.717, 1.165) is 12.8 Å². The van der Waals surface area contributed by atoms with Gasteiger partial charge in [0.2, 0.25) is 0 Å². The first-order chi connectivity index (χ1) is 8.72. The second-order valence-electron chi connectivity index (χ2n) is 5.01. The summed E-state index contributed by atoms with van der Waals surface area (Å²) in [5.41, 5.74) is 0.595. The van der Waals surface area contributed by atoms with E-state index in [0.29, 0.717) is 11.6 Å². The third-order valence-corrected chi connectivity index (χ3v) is 3.74. The van der Waals surface area contributed by atoms with Crippen LogP contribution in [0.5, 0.6) is 0 Å². The van der Waals surface area contributed by atoms with Crippen LogP contribution in [-0.2, 0) is 11.8 Å². The molecule has 2 rings (SSSR count). The fourth-order valence-corrected chi connectivity index (χ4v) is 2.66. The first-order valence-electron chi connectivity index (χ1n) is 6.67. The Morgan fingerprint density at radius 1 is 1.50 bits per heavy atom. The Bertz CT molecular complexity index is 416. The topological polar surface area (TPSA) is 31.2 Å². The number of nitrogens with zero attached hydrogens (tertiary/aromatic N) is 1. The van der Waals surface area contributed by atoms with E-state index in [9.17, 15) is 4.79 Å². The fraction of sp³-hybridized carbons (Fsp3) is 0.533. The number of aromatic nitrogens is 1. The molecule has 18 heavy (non-hydrogen) atoms. The van der Waals surface area contributed by atoms with Crippen LogP contribution < -0.4 is 0 Å². The fourth-order valence-electron chi connectivity index (χ4n) is 2.66. The van der Waals surface area contributed by atoms with E-state index in [1.165, 1.54) is 19.3 Å². The highest BCUT2D eigenvalue weighted by Gasteiger charge is 2.25. The van der Waals surface area contributed by atoms with Crippen LogP contribution >= 0.6 is 0 Å². The predicted molar refractivity (Wildman–Crippen MR) is 71.4 cm³/mol. The highest BCUT2D eigenvalue weighted by molar-refractivity contribution is 5.87. The van der Waals surface area contributed by atoms with E-state index in [4.69, 9.17) is 4.74 Å². The van der Waals surface area contributed by atoms with E-state index >= 15 is 0 Å². The van der Waals surface area contributed by atoms with Gasteiger partial charge in [0.15, 0.2) is 0 Å². The third kappa shape index (κ3) is 2.84. The summed E-state index contributed by atoms with van der Waals surface area (Å²) in [5, 5.41) is 0. The van der Waals surface area contributed by atoms with Gasteiger partial charge >= 0.3 is 5.97 Å². The lowest BCUT2D eigenvalue weighted by Crippen LogP contribution is -2.27. The zero-order valence-electron chi connectivity index (χ0n) is 11.0. The van der Waals surface area contributed by atoms with Crippen molar-refractivity contribution < 1.29 is 9.53 Å². The number of carbonyl (C=O) groups excluding carboxylic acids is 1. The molecule has 1 saturated carbocycles. The van der Waals surface area contributed by atoms with Crippen molar-refractivity contribution in [3.05, 3.63) is 36.7 Å². The van der Waals surface area contributed by atoms with Crippen molar-refractivity contribution >= 4 is 5.97 Å². The summed E-state index contributed by atoms with van der Waals surface area (Å²) in [4.78, 5) is 12.0. The van der Waals surface area contributed by atoms with Crippen LogP contribution in [0.15, 0.2) is 31.0 Å². The molecule has 0 N–H and O–H groups in total. The Kier molecular flexibility index (Phi) is 4.24. The molecule has 1 fully saturated rings. The number of hydrogen-bond acceptors (Lipinski definition) is 2. The minimum Gasteiger partial charge on any atom is -0.453 e. The second kappa shape index (κ2) is 5.89. The van der Waals surface area contributed by atoms with Crippen LogP contribution in [0.1, 0.15) is 42.6 Å². The Morgan fingerprint density at radius 3 is 2.78 bits per heavy atom. The average Bonchev–Trinajstić information content (AvgIpc) is 2.83. The lowest BCUT2D eigenvalue weighted by molar-refractivity contribution is 0.0217. The summed E-state index contributed by atoms with van der Waals surface area (Å²) in [6.07, 6.45) is 9.51. The normalized spacial score (nSPS) is 18.3. The molecule has 1 aliphatic rings. The summed E-state index contributed by atoms with van der Waals surface area (Å²) in [6.45, 7) is 3.81. The zero-order valence-corrected chi connectivity index (χ0v) is 11.0. The Hall–Kier alpha value is -1.51. The molecular weight excluding hydrogens is 226 g/mol. The average molecular weight is 247 g/mol. The Morgan fingerprint density at radius 2 is 2.22 bits per heavy atom. The van der Waals surface area contributed by atoms with Crippen LogP contribution in [0.3, 0.4) is 0 Å². The van der Waals surface area contributed by atoms with Crippen LogP contribution in [0.25, 0.3) is 0 Å². The van der Waals surface area contributed by atoms with E-state index in [1.54, 1.807) is 16.7 Å². The van der Waals surface area contributed by atoms with Crippen molar-refractivity contribution in [2.45, 2.75) is 38.2 Å². The van der Waals surface area contributed by atoms with Crippen LogP contribution in [-0.4, -0.2) is 16.6 Å². The highest BCUT2D eigenvalue weighted by atomic mass is 16.5. The number of hydrogen-bond donors (Lipinski definition) is 0. The zero-order chi connectivity index (χ0) is 13.0. The summed E-state index contributed by atoms with van der Waals surface area (Å²) in [6, 6.07) is 3.63. The molecule has 0 spiro atoms. The number of esters is 1. The maximum absolute atomic E-state index is 12.0. The molecule has 0 saturated heterocycles. The van der Waals surface area contributed by atoms with Crippen LogP contribution in [0.4, 0.5) is 0 Å². The maximum Gasteiger partial charge on any atom is 0.355 e. The molecule has 0 radical (unpaired) electrons. The van der Waals surface area contributed by atoms with E-state index in [1.807, 2.05) is 19.3 Å². The molecule has 1 heterocycles. The Balaban J connectivity index is 1.99. The van der Waals surface area contributed by atoms with E-state index < -0.39 is 0 Å². The molecule has 1 atom stereocenters. The highest BCUT2D eigenvalue weighted by Crippen LogP contribution is 2.28. The number of rotatable bonds is 4. The number of carbonyl (C=O) groups is 1. The van der Waals surface area contributed by atoms with Gasteiger partial charge in [0.05, 0.1) is 0 Å².